The van der Waals surface area contributed by atoms with E-state index >= 15 is 0 Å². The van der Waals surface area contributed by atoms with E-state index in [1.807, 2.05) is 0 Å². The zero-order chi connectivity index (χ0) is 49.3. The highest BCUT2D eigenvalue weighted by molar-refractivity contribution is 5.71. The van der Waals surface area contributed by atoms with E-state index in [0.29, 0.717) is 12.8 Å². The molecule has 0 bridgehead atoms. The molecule has 0 N–H and O–H groups in total. The Balaban J connectivity index is 4.47. The molecule has 0 aliphatic rings. The predicted octanol–water partition coefficient (Wildman–Crippen LogP) is 18.5. The predicted molar refractivity (Wildman–Crippen MR) is 293 cm³/mol. The van der Waals surface area contributed by atoms with Gasteiger partial charge in [-0.15, -0.1) is 0 Å². The van der Waals surface area contributed by atoms with Crippen molar-refractivity contribution in [3.63, 3.8) is 0 Å². The maximum absolute atomic E-state index is 12.8. The number of unbranched alkanes of at least 4 members (excludes halogenated alkanes) is 17. The molecule has 0 aliphatic heterocycles. The summed E-state index contributed by atoms with van der Waals surface area (Å²) in [6.07, 6.45) is 76.1. The molecule has 0 saturated heterocycles. The Morgan fingerprint density at radius 3 is 0.912 bits per heavy atom. The van der Waals surface area contributed by atoms with Gasteiger partial charge in [0, 0.05) is 19.3 Å². The van der Waals surface area contributed by atoms with Gasteiger partial charge in [-0.3, -0.25) is 14.4 Å². The standard InChI is InChI=1S/C62H100O6/c1-4-7-10-13-16-19-22-25-27-29-30-31-32-34-35-37-40-43-46-49-52-55-61(64)67-58-59(57-66-60(63)54-51-48-45-42-39-24-21-18-15-12-9-6-3)68-62(65)56-53-50-47-44-41-38-36-33-28-26-23-20-17-14-11-8-5-2/h7-8,10-11,16-21,25-28,30-31,34-36,38,59H,4-6,9,12-15,22-24,29,32-33,37,39-58H2,1-3H3/b10-7-,11-8-,19-16-,20-17-,21-18-,27-25-,28-26-,31-30-,35-34-,38-36-. The maximum atomic E-state index is 12.8. The van der Waals surface area contributed by atoms with E-state index < -0.39 is 6.10 Å². The Kier molecular flexibility index (Phi) is 52.0. The molecule has 0 saturated carbocycles. The molecule has 1 atom stereocenters. The van der Waals surface area contributed by atoms with Crippen LogP contribution in [0.25, 0.3) is 0 Å². The van der Waals surface area contributed by atoms with Crippen LogP contribution in [0.1, 0.15) is 233 Å². The van der Waals surface area contributed by atoms with E-state index in [1.165, 1.54) is 32.1 Å². The lowest BCUT2D eigenvalue weighted by Gasteiger charge is -2.18. The van der Waals surface area contributed by atoms with Gasteiger partial charge < -0.3 is 14.2 Å². The number of esters is 3. The molecule has 0 aromatic rings. The van der Waals surface area contributed by atoms with Crippen molar-refractivity contribution in [3.05, 3.63) is 122 Å². The van der Waals surface area contributed by atoms with Gasteiger partial charge in [0.25, 0.3) is 0 Å². The summed E-state index contributed by atoms with van der Waals surface area (Å²) >= 11 is 0. The minimum absolute atomic E-state index is 0.102. The van der Waals surface area contributed by atoms with Crippen LogP contribution in [0.2, 0.25) is 0 Å². The molecular weight excluding hydrogens is 841 g/mol. The van der Waals surface area contributed by atoms with Gasteiger partial charge in [0.05, 0.1) is 0 Å². The normalized spacial score (nSPS) is 13.0. The van der Waals surface area contributed by atoms with Crippen LogP contribution in [0.15, 0.2) is 122 Å². The summed E-state index contributed by atoms with van der Waals surface area (Å²) in [5, 5.41) is 0. The third kappa shape index (κ3) is 52.8. The fourth-order valence-electron chi connectivity index (χ4n) is 7.10. The Hall–Kier alpha value is -4.19. The molecule has 0 aliphatic carbocycles. The molecule has 0 amide bonds. The summed E-state index contributed by atoms with van der Waals surface area (Å²) < 4.78 is 16.8. The summed E-state index contributed by atoms with van der Waals surface area (Å²) in [5.74, 6) is -0.959. The molecule has 0 radical (unpaired) electrons. The largest absolute Gasteiger partial charge is 0.462 e. The Bertz CT molecular complexity index is 1450. The van der Waals surface area contributed by atoms with Crippen LogP contribution in [0.4, 0.5) is 0 Å². The highest BCUT2D eigenvalue weighted by Crippen LogP contribution is 2.13. The summed E-state index contributed by atoms with van der Waals surface area (Å²) in [7, 11) is 0. The van der Waals surface area contributed by atoms with Crippen molar-refractivity contribution in [2.75, 3.05) is 13.2 Å². The number of ether oxygens (including phenoxy) is 3. The van der Waals surface area contributed by atoms with Crippen LogP contribution < -0.4 is 0 Å². The van der Waals surface area contributed by atoms with Crippen molar-refractivity contribution in [1.82, 2.24) is 0 Å². The van der Waals surface area contributed by atoms with E-state index in [4.69, 9.17) is 14.2 Å². The third-order valence-corrected chi connectivity index (χ3v) is 11.2. The average molecular weight is 941 g/mol. The number of hydrogen-bond donors (Lipinski definition) is 0. The number of rotatable bonds is 48. The minimum atomic E-state index is -0.806. The van der Waals surface area contributed by atoms with E-state index in [-0.39, 0.29) is 37.5 Å². The summed E-state index contributed by atoms with van der Waals surface area (Å²) in [4.78, 5) is 38.1. The highest BCUT2D eigenvalue weighted by Gasteiger charge is 2.19. The minimum Gasteiger partial charge on any atom is -0.462 e. The van der Waals surface area contributed by atoms with Crippen LogP contribution >= 0.6 is 0 Å². The summed E-state index contributed by atoms with van der Waals surface area (Å²) in [5.41, 5.74) is 0. The van der Waals surface area contributed by atoms with Crippen molar-refractivity contribution >= 4 is 17.9 Å². The highest BCUT2D eigenvalue weighted by atomic mass is 16.6. The van der Waals surface area contributed by atoms with Gasteiger partial charge in [-0.1, -0.05) is 206 Å². The lowest BCUT2D eigenvalue weighted by Crippen LogP contribution is -2.30. The Morgan fingerprint density at radius 1 is 0.309 bits per heavy atom. The number of hydrogen-bond acceptors (Lipinski definition) is 6. The zero-order valence-electron chi connectivity index (χ0n) is 43.8. The van der Waals surface area contributed by atoms with Crippen LogP contribution in [-0.2, 0) is 28.6 Å². The topological polar surface area (TPSA) is 78.9 Å². The molecule has 0 rings (SSSR count). The quantitative estimate of drug-likeness (QED) is 0.0262. The molecule has 0 spiro atoms. The SMILES string of the molecule is CC/C=C\C/C=C\C/C=C\C/C=C\C/C=C\CCCCCCCC(=O)OCC(COC(=O)CCCCCCC/C=C\CCCCC)OC(=O)CCCCCC/C=C\C/C=C\C/C=C\C/C=C\CC. The van der Waals surface area contributed by atoms with Gasteiger partial charge in [0.15, 0.2) is 6.10 Å². The summed E-state index contributed by atoms with van der Waals surface area (Å²) in [6.45, 7) is 6.33. The molecule has 0 heterocycles. The number of allylic oxidation sites excluding steroid dienone is 20. The monoisotopic (exact) mass is 941 g/mol. The lowest BCUT2D eigenvalue weighted by molar-refractivity contribution is -0.167. The Labute approximate surface area is 418 Å². The van der Waals surface area contributed by atoms with Crippen molar-refractivity contribution in [2.24, 2.45) is 0 Å². The Morgan fingerprint density at radius 2 is 0.574 bits per heavy atom. The van der Waals surface area contributed by atoms with Gasteiger partial charge in [-0.2, -0.15) is 0 Å². The van der Waals surface area contributed by atoms with Gasteiger partial charge in [-0.25, -0.2) is 0 Å². The second kappa shape index (κ2) is 55.4. The van der Waals surface area contributed by atoms with Crippen molar-refractivity contribution in [2.45, 2.75) is 239 Å². The van der Waals surface area contributed by atoms with Crippen LogP contribution in [0.5, 0.6) is 0 Å². The molecular formula is C62H100O6. The molecule has 384 valence electrons. The second-order valence-electron chi connectivity index (χ2n) is 17.7. The van der Waals surface area contributed by atoms with E-state index in [9.17, 15) is 14.4 Å². The summed E-state index contributed by atoms with van der Waals surface area (Å²) in [6, 6.07) is 0. The smallest absolute Gasteiger partial charge is 0.306 e. The van der Waals surface area contributed by atoms with Crippen LogP contribution in [0, 0.1) is 0 Å². The fourth-order valence-corrected chi connectivity index (χ4v) is 7.10. The molecule has 0 aromatic heterocycles. The van der Waals surface area contributed by atoms with Crippen molar-refractivity contribution < 1.29 is 28.6 Å². The third-order valence-electron chi connectivity index (χ3n) is 11.2. The number of carbonyl (C=O) groups excluding carboxylic acids is 3. The first-order valence-corrected chi connectivity index (χ1v) is 27.5. The van der Waals surface area contributed by atoms with E-state index in [1.54, 1.807) is 0 Å². The van der Waals surface area contributed by atoms with Gasteiger partial charge in [0.1, 0.15) is 13.2 Å². The average Bonchev–Trinajstić information content (AvgIpc) is 3.34. The maximum Gasteiger partial charge on any atom is 0.306 e. The second-order valence-corrected chi connectivity index (χ2v) is 17.7. The van der Waals surface area contributed by atoms with Crippen LogP contribution in [-0.4, -0.2) is 37.2 Å². The first-order chi connectivity index (χ1) is 33.5. The van der Waals surface area contributed by atoms with E-state index in [0.717, 1.165) is 161 Å². The molecule has 6 nitrogen and oxygen atoms in total. The zero-order valence-corrected chi connectivity index (χ0v) is 43.8. The molecule has 0 aromatic carbocycles. The number of carbonyl (C=O) groups is 3. The molecule has 0 fully saturated rings. The van der Waals surface area contributed by atoms with Crippen LogP contribution in [0.3, 0.4) is 0 Å². The van der Waals surface area contributed by atoms with Gasteiger partial charge in [-0.05, 0) is 128 Å². The van der Waals surface area contributed by atoms with Crippen molar-refractivity contribution in [3.8, 4) is 0 Å². The molecule has 1 unspecified atom stereocenters. The fraction of sp³-hybridized carbons (Fsp3) is 0.629. The van der Waals surface area contributed by atoms with E-state index in [2.05, 4.69) is 142 Å². The molecule has 6 heteroatoms. The van der Waals surface area contributed by atoms with Gasteiger partial charge >= 0.3 is 17.9 Å². The first-order valence-electron chi connectivity index (χ1n) is 27.5. The van der Waals surface area contributed by atoms with Gasteiger partial charge in [0.2, 0.25) is 0 Å². The van der Waals surface area contributed by atoms with Crippen molar-refractivity contribution in [1.29, 1.82) is 0 Å². The lowest BCUT2D eigenvalue weighted by atomic mass is 10.1. The molecule has 68 heavy (non-hydrogen) atoms. The first kappa shape index (κ1) is 63.8.